The molecule has 0 aliphatic carbocycles. The summed E-state index contributed by atoms with van der Waals surface area (Å²) in [6.45, 7) is 4.84. The molecule has 1 amide bonds. The van der Waals surface area contributed by atoms with Gasteiger partial charge in [0.05, 0.1) is 17.1 Å². The number of benzene rings is 3. The zero-order valence-electron chi connectivity index (χ0n) is 17.6. The van der Waals surface area contributed by atoms with Gasteiger partial charge in [-0.25, -0.2) is 4.99 Å². The van der Waals surface area contributed by atoms with Crippen LogP contribution in [0.4, 0.5) is 17.1 Å². The van der Waals surface area contributed by atoms with Crippen molar-refractivity contribution < 1.29 is 4.79 Å². The highest BCUT2D eigenvalue weighted by Crippen LogP contribution is 2.51. The fraction of sp³-hybridized carbons (Fsp3) is 0.120. The predicted octanol–water partition coefficient (Wildman–Crippen LogP) is 7.22. The molecular weight excluding hydrogens is 458 g/mol. The Balaban J connectivity index is 1.64. The number of thioether (sulfide) groups is 2. The predicted molar refractivity (Wildman–Crippen MR) is 137 cm³/mol. The largest absolute Gasteiger partial charge is 0.334 e. The molecule has 0 spiro atoms. The number of fused-ring (bicyclic) bond motifs is 1. The third-order valence-electron chi connectivity index (χ3n) is 5.20. The van der Waals surface area contributed by atoms with Gasteiger partial charge in [-0.2, -0.15) is 0 Å². The monoisotopic (exact) mass is 477 g/mol. The number of rotatable bonds is 3. The number of hydrogen-bond donors (Lipinski definition) is 0. The van der Waals surface area contributed by atoms with Crippen molar-refractivity contribution in [1.29, 1.82) is 0 Å². The van der Waals surface area contributed by atoms with E-state index in [9.17, 15) is 4.79 Å². The van der Waals surface area contributed by atoms with E-state index in [0.717, 1.165) is 39.1 Å². The molecule has 1 saturated heterocycles. The van der Waals surface area contributed by atoms with Gasteiger partial charge in [-0.3, -0.25) is 9.69 Å². The van der Waals surface area contributed by atoms with Crippen molar-refractivity contribution in [2.45, 2.75) is 18.7 Å². The normalized spacial score (nSPS) is 19.2. The molecule has 3 aromatic rings. The highest BCUT2D eigenvalue weighted by molar-refractivity contribution is 8.20. The Morgan fingerprint density at radius 2 is 1.78 bits per heavy atom. The Kier molecular flexibility index (Phi) is 5.76. The van der Waals surface area contributed by atoms with Crippen molar-refractivity contribution >= 4 is 63.3 Å². The number of halogens is 1. The van der Waals surface area contributed by atoms with Crippen molar-refractivity contribution in [2.24, 2.45) is 4.99 Å². The highest BCUT2D eigenvalue weighted by atomic mass is 35.5. The number of nitrogens with zero attached hydrogens (tertiary/aromatic N) is 3. The second-order valence-corrected chi connectivity index (χ2v) is 9.85. The summed E-state index contributed by atoms with van der Waals surface area (Å²) in [6.07, 6.45) is 0. The fourth-order valence-electron chi connectivity index (χ4n) is 3.72. The van der Waals surface area contributed by atoms with Crippen LogP contribution >= 0.6 is 35.1 Å². The van der Waals surface area contributed by atoms with Crippen molar-refractivity contribution in [2.75, 3.05) is 16.3 Å². The van der Waals surface area contributed by atoms with E-state index in [1.165, 1.54) is 11.8 Å². The maximum absolute atomic E-state index is 13.8. The minimum atomic E-state index is -0.0601. The van der Waals surface area contributed by atoms with Crippen molar-refractivity contribution in [3.8, 4) is 0 Å². The van der Waals surface area contributed by atoms with Crippen LogP contribution in [0.3, 0.4) is 0 Å². The maximum Gasteiger partial charge on any atom is 0.274 e. The third kappa shape index (κ3) is 3.83. The summed E-state index contributed by atoms with van der Waals surface area (Å²) >= 11 is 9.30. The first-order chi connectivity index (χ1) is 15.5. The molecule has 7 heteroatoms. The van der Waals surface area contributed by atoms with E-state index in [0.29, 0.717) is 15.1 Å². The topological polar surface area (TPSA) is 35.9 Å². The molecule has 32 heavy (non-hydrogen) atoms. The Labute approximate surface area is 201 Å². The zero-order chi connectivity index (χ0) is 22.2. The van der Waals surface area contributed by atoms with Crippen molar-refractivity contribution in [1.82, 2.24) is 0 Å². The number of carbonyl (C=O) groups is 1. The number of anilines is 2. The standard InChI is InChI=1S/C25H20ClN3OS2/c1-3-28-20-15-17(26)12-13-21(20)31-24(28)22-23(30)29(19-11-7-8-16(2)14-19)25(32-22)27-18-9-5-4-6-10-18/h4-15H,3H2,1-2H3. The second-order valence-electron chi connectivity index (χ2n) is 7.40. The van der Waals surface area contributed by atoms with Crippen LogP contribution in [-0.2, 0) is 4.79 Å². The summed E-state index contributed by atoms with van der Waals surface area (Å²) in [5.74, 6) is -0.0601. The number of amides is 1. The smallest absolute Gasteiger partial charge is 0.274 e. The molecule has 0 radical (unpaired) electrons. The average Bonchev–Trinajstić information content (AvgIpc) is 3.30. The molecule has 0 saturated carbocycles. The van der Waals surface area contributed by atoms with Crippen LogP contribution in [-0.4, -0.2) is 17.6 Å². The molecule has 2 heterocycles. The second kappa shape index (κ2) is 8.70. The SMILES string of the molecule is CCN1C(=C2SC(=Nc3ccccc3)N(c3cccc(C)c3)C2=O)Sc2ccc(Cl)cc21. The van der Waals surface area contributed by atoms with Crippen LogP contribution in [0.2, 0.25) is 5.02 Å². The van der Waals surface area contributed by atoms with E-state index < -0.39 is 0 Å². The van der Waals surface area contributed by atoms with Gasteiger partial charge in [0, 0.05) is 16.5 Å². The first-order valence-electron chi connectivity index (χ1n) is 10.3. The molecule has 4 nitrogen and oxygen atoms in total. The summed E-state index contributed by atoms with van der Waals surface area (Å²) in [7, 11) is 0. The minimum Gasteiger partial charge on any atom is -0.334 e. The lowest BCUT2D eigenvalue weighted by molar-refractivity contribution is -0.113. The first-order valence-corrected chi connectivity index (χ1v) is 12.3. The van der Waals surface area contributed by atoms with Crippen LogP contribution in [0.1, 0.15) is 12.5 Å². The van der Waals surface area contributed by atoms with Gasteiger partial charge < -0.3 is 4.90 Å². The zero-order valence-corrected chi connectivity index (χ0v) is 20.0. The molecule has 0 atom stereocenters. The molecule has 160 valence electrons. The number of carbonyl (C=O) groups excluding carboxylic acids is 1. The molecular formula is C25H20ClN3OS2. The summed E-state index contributed by atoms with van der Waals surface area (Å²) in [6, 6.07) is 23.6. The Bertz CT molecular complexity index is 1270. The fourth-order valence-corrected chi connectivity index (χ4v) is 6.27. The Morgan fingerprint density at radius 1 is 0.969 bits per heavy atom. The van der Waals surface area contributed by atoms with Gasteiger partial charge in [0.15, 0.2) is 5.17 Å². The molecule has 2 aliphatic heterocycles. The molecule has 5 rings (SSSR count). The van der Waals surface area contributed by atoms with E-state index in [1.54, 1.807) is 16.7 Å². The van der Waals surface area contributed by atoms with Crippen LogP contribution in [0, 0.1) is 6.92 Å². The van der Waals surface area contributed by atoms with Gasteiger partial charge >= 0.3 is 0 Å². The van der Waals surface area contributed by atoms with E-state index in [4.69, 9.17) is 16.6 Å². The van der Waals surface area contributed by atoms with Crippen LogP contribution in [0.15, 0.2) is 92.6 Å². The van der Waals surface area contributed by atoms with Gasteiger partial charge in [0.25, 0.3) is 5.91 Å². The van der Waals surface area contributed by atoms with E-state index in [1.807, 2.05) is 79.7 Å². The van der Waals surface area contributed by atoms with Crippen LogP contribution < -0.4 is 9.80 Å². The van der Waals surface area contributed by atoms with E-state index in [2.05, 4.69) is 11.8 Å². The molecule has 0 aromatic heterocycles. The van der Waals surface area contributed by atoms with E-state index >= 15 is 0 Å². The van der Waals surface area contributed by atoms with Crippen LogP contribution in [0.5, 0.6) is 0 Å². The van der Waals surface area contributed by atoms with Gasteiger partial charge in [0.1, 0.15) is 9.93 Å². The number of amidine groups is 1. The van der Waals surface area contributed by atoms with Gasteiger partial charge in [-0.15, -0.1) is 0 Å². The number of hydrogen-bond acceptors (Lipinski definition) is 5. The molecule has 1 fully saturated rings. The molecule has 0 N–H and O–H groups in total. The molecule has 0 unspecified atom stereocenters. The minimum absolute atomic E-state index is 0.0601. The van der Waals surface area contributed by atoms with Crippen molar-refractivity contribution in [3.63, 3.8) is 0 Å². The summed E-state index contributed by atoms with van der Waals surface area (Å²) in [5, 5.41) is 2.27. The quantitative estimate of drug-likeness (QED) is 0.373. The summed E-state index contributed by atoms with van der Waals surface area (Å²) < 4.78 is 0. The Morgan fingerprint density at radius 3 is 2.53 bits per heavy atom. The lowest BCUT2D eigenvalue weighted by atomic mass is 10.2. The number of aliphatic imine (C=N–C) groups is 1. The average molecular weight is 478 g/mol. The van der Waals surface area contributed by atoms with Gasteiger partial charge in [-0.1, -0.05) is 53.7 Å². The maximum atomic E-state index is 13.8. The lowest BCUT2D eigenvalue weighted by Crippen LogP contribution is -2.29. The first kappa shape index (κ1) is 21.2. The molecule has 3 aromatic carbocycles. The Hall–Kier alpha value is -2.67. The summed E-state index contributed by atoms with van der Waals surface area (Å²) in [5.41, 5.74) is 3.76. The number of para-hydroxylation sites is 1. The van der Waals surface area contributed by atoms with Gasteiger partial charge in [0.2, 0.25) is 0 Å². The third-order valence-corrected chi connectivity index (χ3v) is 7.77. The molecule has 2 aliphatic rings. The van der Waals surface area contributed by atoms with E-state index in [-0.39, 0.29) is 5.91 Å². The number of aryl methyl sites for hydroxylation is 1. The highest BCUT2D eigenvalue weighted by Gasteiger charge is 2.40. The summed E-state index contributed by atoms with van der Waals surface area (Å²) in [4.78, 5) is 24.3. The van der Waals surface area contributed by atoms with Crippen LogP contribution in [0.25, 0.3) is 0 Å². The van der Waals surface area contributed by atoms with Crippen molar-refractivity contribution in [3.05, 3.63) is 93.3 Å². The van der Waals surface area contributed by atoms with Gasteiger partial charge in [-0.05, 0) is 73.6 Å². The lowest BCUT2D eigenvalue weighted by Gasteiger charge is -2.19. The molecule has 0 bridgehead atoms.